The lowest BCUT2D eigenvalue weighted by atomic mass is 10.2. The van der Waals surface area contributed by atoms with Gasteiger partial charge in [0.2, 0.25) is 5.91 Å². The maximum absolute atomic E-state index is 12.2. The van der Waals surface area contributed by atoms with Crippen molar-refractivity contribution in [2.24, 2.45) is 0 Å². The summed E-state index contributed by atoms with van der Waals surface area (Å²) < 4.78 is 2.99. The van der Waals surface area contributed by atoms with Gasteiger partial charge in [-0.15, -0.1) is 11.8 Å². The maximum atomic E-state index is 12.2. The molecular formula is C17H15BrN2OS. The van der Waals surface area contributed by atoms with E-state index in [0.29, 0.717) is 6.54 Å². The lowest BCUT2D eigenvalue weighted by molar-refractivity contribution is -0.116. The van der Waals surface area contributed by atoms with Gasteiger partial charge in [0.05, 0.1) is 0 Å². The standard InChI is InChI=1S/C17H15BrN2OS/c1-22-15-4-2-3-14(10-15)19-17(21)11-20-8-7-12-9-13(18)5-6-16(12)20/h2-10H,11H2,1H3,(H,19,21). The Balaban J connectivity index is 1.75. The van der Waals surface area contributed by atoms with Gasteiger partial charge in [-0.2, -0.15) is 0 Å². The van der Waals surface area contributed by atoms with Gasteiger partial charge in [0, 0.05) is 32.2 Å². The quantitative estimate of drug-likeness (QED) is 0.667. The second-order valence-electron chi connectivity index (χ2n) is 4.93. The number of carbonyl (C=O) groups excluding carboxylic acids is 1. The number of amides is 1. The summed E-state index contributed by atoms with van der Waals surface area (Å²) in [4.78, 5) is 13.4. The van der Waals surface area contributed by atoms with Gasteiger partial charge in [0.15, 0.2) is 0 Å². The Morgan fingerprint density at radius 1 is 1.23 bits per heavy atom. The number of rotatable bonds is 4. The van der Waals surface area contributed by atoms with E-state index in [2.05, 4.69) is 21.2 Å². The SMILES string of the molecule is CSc1cccc(NC(=O)Cn2ccc3cc(Br)ccc32)c1. The molecule has 0 aliphatic heterocycles. The predicted octanol–water partition coefficient (Wildman–Crippen LogP) is 4.76. The van der Waals surface area contributed by atoms with Crippen LogP contribution in [-0.4, -0.2) is 16.7 Å². The number of nitrogens with one attached hydrogen (secondary N) is 1. The summed E-state index contributed by atoms with van der Waals surface area (Å²) in [6, 6.07) is 15.9. The summed E-state index contributed by atoms with van der Waals surface area (Å²) in [6.45, 7) is 0.300. The molecule has 0 bridgehead atoms. The van der Waals surface area contributed by atoms with Gasteiger partial charge >= 0.3 is 0 Å². The van der Waals surface area contributed by atoms with E-state index in [9.17, 15) is 4.79 Å². The largest absolute Gasteiger partial charge is 0.338 e. The number of aromatic nitrogens is 1. The average molecular weight is 375 g/mol. The van der Waals surface area contributed by atoms with Crippen molar-refractivity contribution in [2.75, 3.05) is 11.6 Å². The summed E-state index contributed by atoms with van der Waals surface area (Å²) in [5.41, 5.74) is 1.88. The first-order valence-electron chi connectivity index (χ1n) is 6.84. The highest BCUT2D eigenvalue weighted by Crippen LogP contribution is 2.21. The van der Waals surface area contributed by atoms with Gasteiger partial charge in [-0.05, 0) is 48.7 Å². The minimum absolute atomic E-state index is 0.0290. The van der Waals surface area contributed by atoms with Crippen LogP contribution >= 0.6 is 27.7 Å². The molecule has 3 aromatic rings. The second-order valence-corrected chi connectivity index (χ2v) is 6.72. The van der Waals surface area contributed by atoms with Gasteiger partial charge in [0.1, 0.15) is 6.54 Å². The molecule has 0 fully saturated rings. The van der Waals surface area contributed by atoms with Gasteiger partial charge < -0.3 is 9.88 Å². The van der Waals surface area contributed by atoms with Crippen molar-refractivity contribution in [3.63, 3.8) is 0 Å². The molecule has 0 spiro atoms. The number of hydrogen-bond donors (Lipinski definition) is 1. The molecule has 1 N–H and O–H groups in total. The molecule has 1 heterocycles. The molecule has 1 amide bonds. The molecule has 3 rings (SSSR count). The number of carbonyl (C=O) groups is 1. The van der Waals surface area contributed by atoms with Crippen molar-refractivity contribution in [3.05, 3.63) is 59.2 Å². The fourth-order valence-electron chi connectivity index (χ4n) is 2.36. The van der Waals surface area contributed by atoms with Crippen LogP contribution in [0, 0.1) is 0 Å². The third-order valence-corrected chi connectivity index (χ3v) is 4.62. The maximum Gasteiger partial charge on any atom is 0.244 e. The van der Waals surface area contributed by atoms with Crippen molar-refractivity contribution >= 4 is 50.2 Å². The van der Waals surface area contributed by atoms with Crippen LogP contribution in [0.15, 0.2) is 64.1 Å². The van der Waals surface area contributed by atoms with E-state index in [0.717, 1.165) is 26.0 Å². The van der Waals surface area contributed by atoms with Crippen molar-refractivity contribution in [1.82, 2.24) is 4.57 Å². The number of thioether (sulfide) groups is 1. The number of nitrogens with zero attached hydrogens (tertiary/aromatic N) is 1. The van der Waals surface area contributed by atoms with Crippen LogP contribution in [0.25, 0.3) is 10.9 Å². The molecule has 22 heavy (non-hydrogen) atoms. The highest BCUT2D eigenvalue weighted by molar-refractivity contribution is 9.10. The van der Waals surface area contributed by atoms with E-state index in [1.165, 1.54) is 0 Å². The van der Waals surface area contributed by atoms with E-state index in [1.807, 2.05) is 65.6 Å². The van der Waals surface area contributed by atoms with Gasteiger partial charge in [-0.1, -0.05) is 22.0 Å². The first-order chi connectivity index (χ1) is 10.7. The number of anilines is 1. The van der Waals surface area contributed by atoms with Crippen molar-refractivity contribution in [2.45, 2.75) is 11.4 Å². The summed E-state index contributed by atoms with van der Waals surface area (Å²) in [5, 5.41) is 4.07. The van der Waals surface area contributed by atoms with Crippen LogP contribution < -0.4 is 5.32 Å². The first-order valence-corrected chi connectivity index (χ1v) is 8.86. The van der Waals surface area contributed by atoms with Crippen LogP contribution in [0.3, 0.4) is 0 Å². The zero-order valence-corrected chi connectivity index (χ0v) is 14.4. The minimum Gasteiger partial charge on any atom is -0.338 e. The van der Waals surface area contributed by atoms with E-state index in [-0.39, 0.29) is 5.91 Å². The number of benzene rings is 2. The summed E-state index contributed by atoms with van der Waals surface area (Å²) in [6.07, 6.45) is 3.96. The van der Waals surface area contributed by atoms with Crippen molar-refractivity contribution in [3.8, 4) is 0 Å². The first kappa shape index (κ1) is 15.2. The lowest BCUT2D eigenvalue weighted by Gasteiger charge is -2.08. The lowest BCUT2D eigenvalue weighted by Crippen LogP contribution is -2.18. The molecule has 2 aromatic carbocycles. The Labute approximate surface area is 141 Å². The highest BCUT2D eigenvalue weighted by Gasteiger charge is 2.07. The number of hydrogen-bond acceptors (Lipinski definition) is 2. The molecule has 0 radical (unpaired) electrons. The molecule has 112 valence electrons. The molecule has 0 unspecified atom stereocenters. The van der Waals surface area contributed by atoms with Crippen LogP contribution in [0.4, 0.5) is 5.69 Å². The fraction of sp³-hybridized carbons (Fsp3) is 0.118. The van der Waals surface area contributed by atoms with E-state index in [1.54, 1.807) is 11.8 Å². The van der Waals surface area contributed by atoms with Crippen molar-refractivity contribution in [1.29, 1.82) is 0 Å². The summed E-state index contributed by atoms with van der Waals surface area (Å²) in [5.74, 6) is -0.0290. The summed E-state index contributed by atoms with van der Waals surface area (Å²) in [7, 11) is 0. The zero-order chi connectivity index (χ0) is 15.5. The molecule has 0 aliphatic rings. The van der Waals surface area contributed by atoms with Gasteiger partial charge in [-0.3, -0.25) is 4.79 Å². The van der Waals surface area contributed by atoms with Gasteiger partial charge in [-0.25, -0.2) is 0 Å². The zero-order valence-electron chi connectivity index (χ0n) is 12.0. The Bertz CT molecular complexity index is 828. The van der Waals surface area contributed by atoms with Crippen LogP contribution in [0.1, 0.15) is 0 Å². The van der Waals surface area contributed by atoms with Gasteiger partial charge in [0.25, 0.3) is 0 Å². The molecular weight excluding hydrogens is 360 g/mol. The van der Waals surface area contributed by atoms with E-state index < -0.39 is 0 Å². The molecule has 0 aliphatic carbocycles. The topological polar surface area (TPSA) is 34.0 Å². The second kappa shape index (κ2) is 6.58. The Kier molecular flexibility index (Phi) is 4.55. The van der Waals surface area contributed by atoms with E-state index >= 15 is 0 Å². The molecule has 0 saturated carbocycles. The van der Waals surface area contributed by atoms with E-state index in [4.69, 9.17) is 0 Å². The van der Waals surface area contributed by atoms with Crippen molar-refractivity contribution < 1.29 is 4.79 Å². The molecule has 0 saturated heterocycles. The third kappa shape index (κ3) is 3.36. The average Bonchev–Trinajstić information content (AvgIpc) is 2.89. The number of halogens is 1. The molecule has 3 nitrogen and oxygen atoms in total. The molecule has 0 atom stereocenters. The molecule has 1 aromatic heterocycles. The molecule has 5 heteroatoms. The third-order valence-electron chi connectivity index (χ3n) is 3.40. The number of fused-ring (bicyclic) bond motifs is 1. The Morgan fingerprint density at radius 2 is 2.09 bits per heavy atom. The Hall–Kier alpha value is -1.72. The minimum atomic E-state index is -0.0290. The summed E-state index contributed by atoms with van der Waals surface area (Å²) >= 11 is 5.12. The predicted molar refractivity (Wildman–Crippen MR) is 96.5 cm³/mol. The highest BCUT2D eigenvalue weighted by atomic mass is 79.9. The smallest absolute Gasteiger partial charge is 0.244 e. The van der Waals surface area contributed by atoms with Crippen LogP contribution in [-0.2, 0) is 11.3 Å². The van der Waals surface area contributed by atoms with Crippen LogP contribution in [0.5, 0.6) is 0 Å². The normalized spacial score (nSPS) is 10.8. The monoisotopic (exact) mass is 374 g/mol. The van der Waals surface area contributed by atoms with Crippen LogP contribution in [0.2, 0.25) is 0 Å². The fourth-order valence-corrected chi connectivity index (χ4v) is 3.20. The Morgan fingerprint density at radius 3 is 2.91 bits per heavy atom.